The minimum Gasteiger partial charge on any atom is -0.207 e. The van der Waals surface area contributed by atoms with E-state index in [9.17, 15) is 4.39 Å². The van der Waals surface area contributed by atoms with Crippen molar-refractivity contribution in [3.05, 3.63) is 69.5 Å². The maximum absolute atomic E-state index is 13.7. The Morgan fingerprint density at radius 3 is 2.50 bits per heavy atom. The van der Waals surface area contributed by atoms with Crippen molar-refractivity contribution in [1.29, 1.82) is 0 Å². The molecule has 2 aromatic carbocycles. The lowest BCUT2D eigenvalue weighted by atomic mass is 10.0. The molecule has 18 heavy (non-hydrogen) atoms. The normalized spacial score (nSPS) is 12.4. The van der Waals surface area contributed by atoms with Gasteiger partial charge in [-0.2, -0.15) is 0 Å². The van der Waals surface area contributed by atoms with Crippen LogP contribution in [0.25, 0.3) is 0 Å². The maximum Gasteiger partial charge on any atom is 0.127 e. The zero-order chi connectivity index (χ0) is 13.1. The van der Waals surface area contributed by atoms with Crippen molar-refractivity contribution in [3.8, 4) is 0 Å². The van der Waals surface area contributed by atoms with Gasteiger partial charge in [0.25, 0.3) is 0 Å². The van der Waals surface area contributed by atoms with Crippen molar-refractivity contribution in [2.24, 2.45) is 0 Å². The van der Waals surface area contributed by atoms with E-state index in [4.69, 9.17) is 23.2 Å². The number of hydrogen-bond acceptors (Lipinski definition) is 0. The summed E-state index contributed by atoms with van der Waals surface area (Å²) in [7, 11) is 0. The van der Waals surface area contributed by atoms with Crippen molar-refractivity contribution in [1.82, 2.24) is 0 Å². The summed E-state index contributed by atoms with van der Waals surface area (Å²) < 4.78 is 13.7. The van der Waals surface area contributed by atoms with Gasteiger partial charge in [0.15, 0.2) is 0 Å². The van der Waals surface area contributed by atoms with Crippen LogP contribution in [0, 0.1) is 5.82 Å². The van der Waals surface area contributed by atoms with Gasteiger partial charge >= 0.3 is 0 Å². The molecule has 0 aromatic heterocycles. The summed E-state index contributed by atoms with van der Waals surface area (Å²) in [6, 6.07) is 12.1. The number of benzene rings is 2. The fourth-order valence-corrected chi connectivity index (χ4v) is 2.85. The van der Waals surface area contributed by atoms with E-state index >= 15 is 0 Å². The largest absolute Gasteiger partial charge is 0.207 e. The summed E-state index contributed by atoms with van der Waals surface area (Å²) in [5, 5.41) is 1.21. The molecule has 0 saturated heterocycles. The average molecular weight is 348 g/mol. The predicted octanol–water partition coefficient (Wildman–Crippen LogP) is 5.81. The lowest BCUT2D eigenvalue weighted by molar-refractivity contribution is 0.608. The second kappa shape index (κ2) is 6.05. The van der Waals surface area contributed by atoms with Crippen LogP contribution < -0.4 is 0 Å². The van der Waals surface area contributed by atoms with Crippen LogP contribution in [-0.4, -0.2) is 0 Å². The van der Waals surface area contributed by atoms with Gasteiger partial charge in [-0.05, 0) is 42.3 Å². The van der Waals surface area contributed by atoms with Crippen molar-refractivity contribution in [3.63, 3.8) is 0 Å². The first-order chi connectivity index (χ1) is 8.56. The number of rotatable bonds is 3. The Morgan fingerprint density at radius 2 is 1.78 bits per heavy atom. The highest BCUT2D eigenvalue weighted by atomic mass is 79.9. The van der Waals surface area contributed by atoms with Gasteiger partial charge < -0.3 is 0 Å². The molecule has 2 aromatic rings. The molecule has 0 bridgehead atoms. The predicted molar refractivity (Wildman–Crippen MR) is 78.2 cm³/mol. The summed E-state index contributed by atoms with van der Waals surface area (Å²) >= 11 is 15.3. The molecule has 0 heterocycles. The second-order valence-electron chi connectivity index (χ2n) is 3.97. The molecule has 0 radical (unpaired) electrons. The highest BCUT2D eigenvalue weighted by Gasteiger charge is 2.14. The third-order valence-corrected chi connectivity index (χ3v) is 3.89. The molecule has 4 heteroatoms. The van der Waals surface area contributed by atoms with Crippen molar-refractivity contribution in [2.75, 3.05) is 0 Å². The fourth-order valence-electron chi connectivity index (χ4n) is 1.74. The van der Waals surface area contributed by atoms with Crippen molar-refractivity contribution < 1.29 is 4.39 Å². The third kappa shape index (κ3) is 3.47. The van der Waals surface area contributed by atoms with Crippen LogP contribution in [0.5, 0.6) is 0 Å². The number of alkyl halides is 1. The molecule has 1 atom stereocenters. The van der Waals surface area contributed by atoms with E-state index in [1.165, 1.54) is 6.07 Å². The van der Waals surface area contributed by atoms with E-state index in [2.05, 4.69) is 15.9 Å². The topological polar surface area (TPSA) is 0 Å². The minimum absolute atomic E-state index is 0.130. The SMILES string of the molecule is Fc1ccc(Cl)cc1C(Br)Cc1cccc(Cl)c1. The van der Waals surface area contributed by atoms with E-state index in [0.29, 0.717) is 22.0 Å². The Labute approximate surface area is 124 Å². The summed E-state index contributed by atoms with van der Waals surface area (Å²) in [6.45, 7) is 0. The molecule has 0 spiro atoms. The molecule has 0 aliphatic carbocycles. The molecule has 0 saturated carbocycles. The number of halogens is 4. The third-order valence-electron chi connectivity index (χ3n) is 2.60. The highest BCUT2D eigenvalue weighted by molar-refractivity contribution is 9.09. The van der Waals surface area contributed by atoms with Gasteiger partial charge in [0.1, 0.15) is 5.82 Å². The second-order valence-corrected chi connectivity index (χ2v) is 5.95. The Morgan fingerprint density at radius 1 is 1.06 bits per heavy atom. The molecular formula is C14H10BrCl2F. The summed E-state index contributed by atoms with van der Waals surface area (Å²) in [4.78, 5) is -0.130. The fraction of sp³-hybridized carbons (Fsp3) is 0.143. The molecule has 0 nitrogen and oxygen atoms in total. The van der Waals surface area contributed by atoms with Gasteiger partial charge in [0.05, 0.1) is 0 Å². The molecule has 0 N–H and O–H groups in total. The average Bonchev–Trinajstić information content (AvgIpc) is 2.32. The first-order valence-electron chi connectivity index (χ1n) is 5.40. The minimum atomic E-state index is -0.261. The Kier molecular flexibility index (Phi) is 4.66. The molecule has 0 amide bonds. The molecule has 0 fully saturated rings. The van der Waals surface area contributed by atoms with Crippen LogP contribution in [0.2, 0.25) is 10.0 Å². The summed E-state index contributed by atoms with van der Waals surface area (Å²) in [5.41, 5.74) is 1.60. The van der Waals surface area contributed by atoms with Gasteiger partial charge in [0, 0.05) is 20.4 Å². The molecule has 1 unspecified atom stereocenters. The Bertz CT molecular complexity index is 557. The first-order valence-corrected chi connectivity index (χ1v) is 7.07. The monoisotopic (exact) mass is 346 g/mol. The molecule has 94 valence electrons. The molecular weight excluding hydrogens is 338 g/mol. The van der Waals surface area contributed by atoms with Crippen LogP contribution >= 0.6 is 39.1 Å². The van der Waals surface area contributed by atoms with Crippen LogP contribution in [-0.2, 0) is 6.42 Å². The van der Waals surface area contributed by atoms with Crippen molar-refractivity contribution in [2.45, 2.75) is 11.2 Å². The summed E-state index contributed by atoms with van der Waals surface area (Å²) in [5.74, 6) is -0.261. The van der Waals surface area contributed by atoms with Gasteiger partial charge in [-0.3, -0.25) is 0 Å². The molecule has 2 rings (SSSR count). The first kappa shape index (κ1) is 13.9. The Hall–Kier alpha value is -0.570. The lowest BCUT2D eigenvalue weighted by Gasteiger charge is -2.12. The zero-order valence-electron chi connectivity index (χ0n) is 9.34. The lowest BCUT2D eigenvalue weighted by Crippen LogP contribution is -1.98. The zero-order valence-corrected chi connectivity index (χ0v) is 12.4. The van der Waals surface area contributed by atoms with Crippen LogP contribution in [0.4, 0.5) is 4.39 Å². The maximum atomic E-state index is 13.7. The van der Waals surface area contributed by atoms with Gasteiger partial charge in [-0.25, -0.2) is 4.39 Å². The van der Waals surface area contributed by atoms with E-state index in [1.807, 2.05) is 24.3 Å². The van der Waals surface area contributed by atoms with Gasteiger partial charge in [-0.15, -0.1) is 0 Å². The van der Waals surface area contributed by atoms with Gasteiger partial charge in [-0.1, -0.05) is 51.3 Å². The van der Waals surface area contributed by atoms with Crippen LogP contribution in [0.3, 0.4) is 0 Å². The van der Waals surface area contributed by atoms with E-state index < -0.39 is 0 Å². The summed E-state index contributed by atoms with van der Waals surface area (Å²) in [6.07, 6.45) is 0.651. The van der Waals surface area contributed by atoms with E-state index in [1.54, 1.807) is 12.1 Å². The molecule has 0 aliphatic heterocycles. The number of hydrogen-bond donors (Lipinski definition) is 0. The smallest absolute Gasteiger partial charge is 0.127 e. The Balaban J connectivity index is 2.21. The van der Waals surface area contributed by atoms with Crippen molar-refractivity contribution >= 4 is 39.1 Å². The molecule has 0 aliphatic rings. The van der Waals surface area contributed by atoms with E-state index in [-0.39, 0.29) is 10.6 Å². The van der Waals surface area contributed by atoms with Crippen LogP contribution in [0.15, 0.2) is 42.5 Å². The van der Waals surface area contributed by atoms with Gasteiger partial charge in [0.2, 0.25) is 0 Å². The standard InChI is InChI=1S/C14H10BrCl2F/c15-13(7-9-2-1-3-10(16)6-9)12-8-11(17)4-5-14(12)18/h1-6,8,13H,7H2. The van der Waals surface area contributed by atoms with E-state index in [0.717, 1.165) is 5.56 Å². The quantitative estimate of drug-likeness (QED) is 0.614. The van der Waals surface area contributed by atoms with Crippen LogP contribution in [0.1, 0.15) is 16.0 Å². The highest BCUT2D eigenvalue weighted by Crippen LogP contribution is 2.31.